The maximum Gasteiger partial charge on any atom is 0.416 e. The van der Waals surface area contributed by atoms with Crippen LogP contribution in [0.15, 0.2) is 66.7 Å². The van der Waals surface area contributed by atoms with Gasteiger partial charge in [-0.25, -0.2) is 4.79 Å². The van der Waals surface area contributed by atoms with Crippen LogP contribution in [0.1, 0.15) is 11.1 Å². The predicted octanol–water partition coefficient (Wildman–Crippen LogP) is 5.42. The van der Waals surface area contributed by atoms with Crippen LogP contribution in [0.4, 0.5) is 42.5 Å². The van der Waals surface area contributed by atoms with Crippen LogP contribution in [-0.2, 0) is 12.4 Å². The highest BCUT2D eigenvalue weighted by atomic mass is 19.4. The summed E-state index contributed by atoms with van der Waals surface area (Å²) in [7, 11) is 1.93. The summed E-state index contributed by atoms with van der Waals surface area (Å²) in [6.07, 6.45) is -10.0. The Hall–Kier alpha value is -3.63. The highest BCUT2D eigenvalue weighted by molar-refractivity contribution is 6.32. The highest BCUT2D eigenvalue weighted by Gasteiger charge is 2.37. The zero-order valence-corrected chi connectivity index (χ0v) is 16.4. The average Bonchev–Trinajstić information content (AvgIpc) is 2.69. The van der Waals surface area contributed by atoms with Crippen molar-refractivity contribution < 1.29 is 35.9 Å². The molecule has 3 rings (SSSR count). The lowest BCUT2D eigenvalue weighted by Gasteiger charge is -2.15. The molecule has 3 aromatic carbocycles. The molecule has 32 heavy (non-hydrogen) atoms. The lowest BCUT2D eigenvalue weighted by atomic mass is 9.97. The Bertz CT molecular complexity index is 1070. The number of alkyl halides is 6. The van der Waals surface area contributed by atoms with Gasteiger partial charge in [0.2, 0.25) is 0 Å². The predicted molar refractivity (Wildman–Crippen MR) is 110 cm³/mol. The van der Waals surface area contributed by atoms with Gasteiger partial charge in [0.1, 0.15) is 19.3 Å². The van der Waals surface area contributed by atoms with E-state index in [1.165, 1.54) is 12.1 Å². The van der Waals surface area contributed by atoms with Crippen molar-refractivity contribution in [1.29, 1.82) is 0 Å². The number of hydrogen-bond acceptors (Lipinski definition) is 2. The number of rotatable bonds is 4. The fourth-order valence-electron chi connectivity index (χ4n) is 2.67. The van der Waals surface area contributed by atoms with E-state index in [1.807, 2.05) is 25.3 Å². The van der Waals surface area contributed by atoms with E-state index in [0.717, 1.165) is 5.46 Å². The SMILES string of the molecule is Bc1ccc(Oc2ccc(NC(=O)Nc3cc(C(F)(F)F)cc(C(F)(F)F)c3)cc2)cc1. The van der Waals surface area contributed by atoms with E-state index in [2.05, 4.69) is 5.32 Å². The summed E-state index contributed by atoms with van der Waals surface area (Å²) in [5.74, 6) is 1.06. The minimum absolute atomic E-state index is 0.0180. The zero-order chi connectivity index (χ0) is 23.5. The molecule has 0 spiro atoms. The minimum Gasteiger partial charge on any atom is -0.457 e. The highest BCUT2D eigenvalue weighted by Crippen LogP contribution is 2.37. The summed E-state index contributed by atoms with van der Waals surface area (Å²) in [4.78, 5) is 12.1. The number of ether oxygens (including phenoxy) is 1. The lowest BCUT2D eigenvalue weighted by molar-refractivity contribution is -0.143. The van der Waals surface area contributed by atoms with Crippen LogP contribution in [0, 0.1) is 0 Å². The fraction of sp³-hybridized carbons (Fsp3) is 0.0952. The van der Waals surface area contributed by atoms with Crippen molar-refractivity contribution in [2.75, 3.05) is 10.6 Å². The van der Waals surface area contributed by atoms with E-state index in [9.17, 15) is 31.1 Å². The summed E-state index contributed by atoms with van der Waals surface area (Å²) >= 11 is 0. The van der Waals surface area contributed by atoms with Gasteiger partial charge in [0.15, 0.2) is 0 Å². The third kappa shape index (κ3) is 6.19. The molecule has 0 saturated heterocycles. The molecule has 0 aromatic heterocycles. The van der Waals surface area contributed by atoms with Crippen molar-refractivity contribution in [3.05, 3.63) is 77.9 Å². The summed E-state index contributed by atoms with van der Waals surface area (Å²) in [5.41, 5.74) is -2.39. The number of nitrogens with one attached hydrogen (secondary N) is 2. The van der Waals surface area contributed by atoms with Crippen molar-refractivity contribution >= 4 is 30.7 Å². The molecule has 2 N–H and O–H groups in total. The molecular formula is C21H15BF6N2O2. The molecule has 0 saturated carbocycles. The molecule has 2 amide bonds. The summed E-state index contributed by atoms with van der Waals surface area (Å²) < 4.78 is 83.2. The fourth-order valence-corrected chi connectivity index (χ4v) is 2.67. The van der Waals surface area contributed by atoms with Crippen molar-refractivity contribution in [2.24, 2.45) is 0 Å². The van der Waals surface area contributed by atoms with Crippen molar-refractivity contribution in [3.8, 4) is 11.5 Å². The van der Waals surface area contributed by atoms with Crippen LogP contribution >= 0.6 is 0 Å². The number of hydrogen-bond donors (Lipinski definition) is 2. The molecule has 0 aliphatic rings. The van der Waals surface area contributed by atoms with Gasteiger partial charge in [-0.3, -0.25) is 0 Å². The molecule has 0 aliphatic heterocycles. The third-order valence-electron chi connectivity index (χ3n) is 4.21. The van der Waals surface area contributed by atoms with Gasteiger partial charge in [-0.1, -0.05) is 17.6 Å². The molecule has 0 unspecified atom stereocenters. The van der Waals surface area contributed by atoms with Gasteiger partial charge in [-0.15, -0.1) is 0 Å². The number of urea groups is 1. The Balaban J connectivity index is 1.69. The first kappa shape index (κ1) is 23.0. The maximum absolute atomic E-state index is 12.9. The summed E-state index contributed by atoms with van der Waals surface area (Å²) in [6.45, 7) is 0. The second-order valence-corrected chi connectivity index (χ2v) is 6.81. The first-order valence-electron chi connectivity index (χ1n) is 9.12. The molecule has 11 heteroatoms. The molecular weight excluding hydrogens is 437 g/mol. The molecule has 0 aliphatic carbocycles. The van der Waals surface area contributed by atoms with Crippen molar-refractivity contribution in [1.82, 2.24) is 0 Å². The van der Waals surface area contributed by atoms with Gasteiger partial charge in [0.25, 0.3) is 0 Å². The number of anilines is 2. The molecule has 166 valence electrons. The van der Waals surface area contributed by atoms with Crippen molar-refractivity contribution in [2.45, 2.75) is 12.4 Å². The Morgan fingerprint density at radius 3 is 1.59 bits per heavy atom. The van der Waals surface area contributed by atoms with Crippen LogP contribution in [-0.4, -0.2) is 13.9 Å². The molecule has 0 bridgehead atoms. The van der Waals surface area contributed by atoms with E-state index in [-0.39, 0.29) is 11.8 Å². The maximum atomic E-state index is 12.9. The normalized spacial score (nSPS) is 11.7. The first-order valence-corrected chi connectivity index (χ1v) is 9.12. The minimum atomic E-state index is -5.01. The lowest BCUT2D eigenvalue weighted by Crippen LogP contribution is -2.20. The van der Waals surface area contributed by atoms with E-state index in [4.69, 9.17) is 4.74 Å². The summed E-state index contributed by atoms with van der Waals surface area (Å²) in [6, 6.07) is 13.1. The summed E-state index contributed by atoms with van der Waals surface area (Å²) in [5, 5.41) is 4.33. The van der Waals surface area contributed by atoms with Crippen LogP contribution in [0.5, 0.6) is 11.5 Å². The number of carbonyl (C=O) groups excluding carboxylic acids is 1. The molecule has 0 fully saturated rings. The van der Waals surface area contributed by atoms with Gasteiger partial charge < -0.3 is 15.4 Å². The molecule has 4 nitrogen and oxygen atoms in total. The zero-order valence-electron chi connectivity index (χ0n) is 16.4. The Labute approximate surface area is 179 Å². The van der Waals surface area contributed by atoms with Gasteiger partial charge >= 0.3 is 18.4 Å². The van der Waals surface area contributed by atoms with E-state index in [0.29, 0.717) is 23.6 Å². The standard InChI is InChI=1S/C21H15BF6N2O2/c22-14-1-5-17(6-2-14)32-18-7-3-15(4-8-18)29-19(31)30-16-10-12(20(23,24)25)9-13(11-16)21(26,27)28/h1-11H,22H2,(H2,29,30,31). The number of amides is 2. The Morgan fingerprint density at radius 2 is 1.12 bits per heavy atom. The largest absolute Gasteiger partial charge is 0.457 e. The molecule has 3 aromatic rings. The molecule has 0 radical (unpaired) electrons. The number of benzene rings is 3. The monoisotopic (exact) mass is 452 g/mol. The average molecular weight is 452 g/mol. The third-order valence-corrected chi connectivity index (χ3v) is 4.21. The van der Waals surface area contributed by atoms with Gasteiger partial charge in [0, 0.05) is 11.4 Å². The Kier molecular flexibility index (Phi) is 6.38. The van der Waals surface area contributed by atoms with E-state index >= 15 is 0 Å². The Morgan fingerprint density at radius 1 is 0.688 bits per heavy atom. The molecule has 0 heterocycles. The second kappa shape index (κ2) is 8.85. The van der Waals surface area contributed by atoms with E-state index < -0.39 is 35.2 Å². The van der Waals surface area contributed by atoms with Gasteiger partial charge in [-0.05, 0) is 54.6 Å². The van der Waals surface area contributed by atoms with Crippen LogP contribution < -0.4 is 20.8 Å². The quantitative estimate of drug-likeness (QED) is 0.411. The van der Waals surface area contributed by atoms with Gasteiger partial charge in [0.05, 0.1) is 11.1 Å². The number of carbonyl (C=O) groups is 1. The van der Waals surface area contributed by atoms with Crippen molar-refractivity contribution in [3.63, 3.8) is 0 Å². The topological polar surface area (TPSA) is 50.4 Å². The number of halogens is 6. The van der Waals surface area contributed by atoms with Crippen LogP contribution in [0.25, 0.3) is 0 Å². The molecule has 0 atom stereocenters. The van der Waals surface area contributed by atoms with Crippen LogP contribution in [0.3, 0.4) is 0 Å². The van der Waals surface area contributed by atoms with Crippen LogP contribution in [0.2, 0.25) is 0 Å². The second-order valence-electron chi connectivity index (χ2n) is 6.81. The van der Waals surface area contributed by atoms with Gasteiger partial charge in [-0.2, -0.15) is 26.3 Å². The first-order chi connectivity index (χ1) is 14.9. The van der Waals surface area contributed by atoms with E-state index in [1.54, 1.807) is 24.3 Å². The smallest absolute Gasteiger partial charge is 0.416 e.